The van der Waals surface area contributed by atoms with Crippen LogP contribution in [0.4, 0.5) is 0 Å². The van der Waals surface area contributed by atoms with Gasteiger partial charge >= 0.3 is 5.97 Å². The zero-order chi connectivity index (χ0) is 15.0. The van der Waals surface area contributed by atoms with E-state index in [0.29, 0.717) is 30.0 Å². The molecule has 0 radical (unpaired) electrons. The molecule has 1 aromatic rings. The smallest absolute Gasteiger partial charge is 0.326 e. The number of carboxylic acid groups (broad SMARTS) is 1. The van der Waals surface area contributed by atoms with Gasteiger partial charge in [-0.05, 0) is 31.4 Å². The number of benzene rings is 1. The first-order valence-electron chi connectivity index (χ1n) is 6.71. The normalized spacial score (nSPS) is 20.4. The van der Waals surface area contributed by atoms with Crippen LogP contribution in [0.1, 0.15) is 29.6 Å². The van der Waals surface area contributed by atoms with Gasteiger partial charge in [-0.1, -0.05) is 11.6 Å². The highest BCUT2D eigenvalue weighted by Crippen LogP contribution is 2.40. The first-order valence-corrected chi connectivity index (χ1v) is 7.08. The molecule has 112 valence electrons. The van der Waals surface area contributed by atoms with E-state index in [1.54, 1.807) is 6.07 Å². The van der Waals surface area contributed by atoms with Gasteiger partial charge in [0.15, 0.2) is 11.5 Å². The van der Waals surface area contributed by atoms with Gasteiger partial charge < -0.3 is 19.5 Å². The lowest BCUT2D eigenvalue weighted by Crippen LogP contribution is -2.47. The quantitative estimate of drug-likeness (QED) is 0.905. The second kappa shape index (κ2) is 5.44. The Morgan fingerprint density at radius 2 is 2.10 bits per heavy atom. The van der Waals surface area contributed by atoms with Crippen molar-refractivity contribution in [2.45, 2.75) is 25.3 Å². The highest BCUT2D eigenvalue weighted by molar-refractivity contribution is 6.32. The second-order valence-corrected chi connectivity index (χ2v) is 5.45. The SMILES string of the molecule is O=C(O)[C@@H]1CCCCN1C(=O)c1cc(Cl)c2c(c1)OCO2. The maximum Gasteiger partial charge on any atom is 0.326 e. The number of hydrogen-bond acceptors (Lipinski definition) is 4. The van der Waals surface area contributed by atoms with E-state index in [4.69, 9.17) is 21.1 Å². The molecule has 1 saturated heterocycles. The van der Waals surface area contributed by atoms with Gasteiger partial charge in [0.1, 0.15) is 6.04 Å². The first kappa shape index (κ1) is 14.0. The third-order valence-corrected chi connectivity index (χ3v) is 4.00. The molecule has 0 saturated carbocycles. The first-order chi connectivity index (χ1) is 10.1. The average molecular weight is 312 g/mol. The van der Waals surface area contributed by atoms with E-state index < -0.39 is 12.0 Å². The van der Waals surface area contributed by atoms with Crippen molar-refractivity contribution in [1.82, 2.24) is 4.90 Å². The Labute approximate surface area is 126 Å². The Kier molecular flexibility index (Phi) is 3.63. The third-order valence-electron chi connectivity index (χ3n) is 3.72. The minimum absolute atomic E-state index is 0.0637. The van der Waals surface area contributed by atoms with Crippen LogP contribution in [-0.2, 0) is 4.79 Å². The Morgan fingerprint density at radius 3 is 2.86 bits per heavy atom. The molecule has 21 heavy (non-hydrogen) atoms. The number of amides is 1. The molecule has 0 aliphatic carbocycles. The molecular weight excluding hydrogens is 298 g/mol. The largest absolute Gasteiger partial charge is 0.480 e. The van der Waals surface area contributed by atoms with E-state index in [1.807, 2.05) is 0 Å². The number of fused-ring (bicyclic) bond motifs is 1. The Hall–Kier alpha value is -1.95. The summed E-state index contributed by atoms with van der Waals surface area (Å²) in [6, 6.07) is 2.25. The number of rotatable bonds is 2. The summed E-state index contributed by atoms with van der Waals surface area (Å²) in [6.45, 7) is 0.496. The zero-order valence-corrected chi connectivity index (χ0v) is 11.9. The number of piperidine rings is 1. The fraction of sp³-hybridized carbons (Fsp3) is 0.429. The fourth-order valence-electron chi connectivity index (χ4n) is 2.69. The monoisotopic (exact) mass is 311 g/mol. The van der Waals surface area contributed by atoms with Gasteiger partial charge in [0.05, 0.1) is 5.02 Å². The molecule has 2 aliphatic heterocycles. The van der Waals surface area contributed by atoms with Crippen LogP contribution < -0.4 is 9.47 Å². The van der Waals surface area contributed by atoms with Gasteiger partial charge in [-0.2, -0.15) is 0 Å². The van der Waals surface area contributed by atoms with Crippen LogP contribution in [0.15, 0.2) is 12.1 Å². The number of carboxylic acids is 1. The second-order valence-electron chi connectivity index (χ2n) is 5.04. The number of aliphatic carboxylic acids is 1. The van der Waals surface area contributed by atoms with Gasteiger partial charge in [-0.3, -0.25) is 4.79 Å². The van der Waals surface area contributed by atoms with Crippen molar-refractivity contribution in [1.29, 1.82) is 0 Å². The van der Waals surface area contributed by atoms with Crippen LogP contribution in [0.2, 0.25) is 5.02 Å². The van der Waals surface area contributed by atoms with Gasteiger partial charge in [0.25, 0.3) is 5.91 Å². The van der Waals surface area contributed by atoms with Crippen LogP contribution in [-0.4, -0.2) is 41.3 Å². The molecule has 7 heteroatoms. The van der Waals surface area contributed by atoms with Gasteiger partial charge in [0, 0.05) is 12.1 Å². The van der Waals surface area contributed by atoms with E-state index in [-0.39, 0.29) is 17.7 Å². The summed E-state index contributed by atoms with van der Waals surface area (Å²) in [4.78, 5) is 25.3. The Bertz CT molecular complexity index is 603. The predicted molar refractivity (Wildman–Crippen MR) is 73.9 cm³/mol. The molecule has 2 aliphatic rings. The summed E-state index contributed by atoms with van der Waals surface area (Å²) in [7, 11) is 0. The molecule has 6 nitrogen and oxygen atoms in total. The molecule has 0 bridgehead atoms. The van der Waals surface area contributed by atoms with Gasteiger partial charge in [0.2, 0.25) is 6.79 Å². The molecule has 0 aromatic heterocycles. The number of carbonyl (C=O) groups is 2. The van der Waals surface area contributed by atoms with Crippen LogP contribution >= 0.6 is 11.6 Å². The number of nitrogens with zero attached hydrogens (tertiary/aromatic N) is 1. The predicted octanol–water partition coefficient (Wildman–Crippen LogP) is 2.15. The molecule has 0 unspecified atom stereocenters. The van der Waals surface area contributed by atoms with Crippen molar-refractivity contribution in [2.24, 2.45) is 0 Å². The molecule has 2 heterocycles. The number of hydrogen-bond donors (Lipinski definition) is 1. The fourth-order valence-corrected chi connectivity index (χ4v) is 2.95. The third kappa shape index (κ3) is 2.51. The molecule has 1 aromatic carbocycles. The lowest BCUT2D eigenvalue weighted by Gasteiger charge is -2.33. The standard InChI is InChI=1S/C14H14ClNO5/c15-9-5-8(6-11-12(9)21-7-20-11)13(17)16-4-2-1-3-10(16)14(18)19/h5-6,10H,1-4,7H2,(H,18,19)/t10-/m0/s1. The molecule has 1 N–H and O–H groups in total. The molecule has 0 spiro atoms. The van der Waals surface area contributed by atoms with Gasteiger partial charge in [-0.15, -0.1) is 0 Å². The lowest BCUT2D eigenvalue weighted by atomic mass is 10.0. The zero-order valence-electron chi connectivity index (χ0n) is 11.2. The van der Waals surface area contributed by atoms with E-state index in [9.17, 15) is 14.7 Å². The molecular formula is C14H14ClNO5. The highest BCUT2D eigenvalue weighted by Gasteiger charge is 2.33. The number of likely N-dealkylation sites (tertiary alicyclic amines) is 1. The van der Waals surface area contributed by atoms with Crippen molar-refractivity contribution < 1.29 is 24.2 Å². The van der Waals surface area contributed by atoms with Crippen molar-refractivity contribution in [3.8, 4) is 11.5 Å². The van der Waals surface area contributed by atoms with E-state index in [2.05, 4.69) is 0 Å². The van der Waals surface area contributed by atoms with E-state index in [1.165, 1.54) is 11.0 Å². The van der Waals surface area contributed by atoms with Crippen LogP contribution in [0.3, 0.4) is 0 Å². The topological polar surface area (TPSA) is 76.1 Å². The number of carbonyl (C=O) groups excluding carboxylic acids is 1. The van der Waals surface area contributed by atoms with Crippen LogP contribution in [0.5, 0.6) is 11.5 Å². The minimum atomic E-state index is -0.977. The summed E-state index contributed by atoms with van der Waals surface area (Å²) in [5.74, 6) is -0.492. The summed E-state index contributed by atoms with van der Waals surface area (Å²) >= 11 is 6.06. The van der Waals surface area contributed by atoms with Crippen molar-refractivity contribution in [3.63, 3.8) is 0 Å². The highest BCUT2D eigenvalue weighted by atomic mass is 35.5. The Balaban J connectivity index is 1.91. The van der Waals surface area contributed by atoms with Gasteiger partial charge in [-0.25, -0.2) is 4.79 Å². The van der Waals surface area contributed by atoms with Crippen molar-refractivity contribution in [2.75, 3.05) is 13.3 Å². The van der Waals surface area contributed by atoms with Crippen molar-refractivity contribution in [3.05, 3.63) is 22.7 Å². The summed E-state index contributed by atoms with van der Waals surface area (Å²) < 4.78 is 10.4. The maximum atomic E-state index is 12.6. The molecule has 1 atom stereocenters. The maximum absolute atomic E-state index is 12.6. The average Bonchev–Trinajstić information content (AvgIpc) is 2.95. The van der Waals surface area contributed by atoms with Crippen LogP contribution in [0, 0.1) is 0 Å². The molecule has 1 amide bonds. The van der Waals surface area contributed by atoms with Crippen LogP contribution in [0.25, 0.3) is 0 Å². The molecule has 1 fully saturated rings. The summed E-state index contributed by atoms with van der Waals surface area (Å²) in [5, 5.41) is 9.54. The van der Waals surface area contributed by atoms with E-state index in [0.717, 1.165) is 12.8 Å². The van der Waals surface area contributed by atoms with E-state index >= 15 is 0 Å². The summed E-state index contributed by atoms with van der Waals surface area (Å²) in [5.41, 5.74) is 0.317. The van der Waals surface area contributed by atoms with Crippen molar-refractivity contribution >= 4 is 23.5 Å². The Morgan fingerprint density at radius 1 is 1.29 bits per heavy atom. The minimum Gasteiger partial charge on any atom is -0.480 e. The number of halogens is 1. The number of ether oxygens (including phenoxy) is 2. The lowest BCUT2D eigenvalue weighted by molar-refractivity contribution is -0.143. The molecule has 3 rings (SSSR count). The summed E-state index contributed by atoms with van der Waals surface area (Å²) in [6.07, 6.45) is 2.08.